The van der Waals surface area contributed by atoms with Gasteiger partial charge < -0.3 is 19.8 Å². The van der Waals surface area contributed by atoms with Crippen LogP contribution in [0.3, 0.4) is 0 Å². The lowest BCUT2D eigenvalue weighted by Crippen LogP contribution is -2.35. The quantitative estimate of drug-likeness (QED) is 0.641. The Labute approximate surface area is 174 Å². The van der Waals surface area contributed by atoms with Gasteiger partial charge in [-0.2, -0.15) is 5.26 Å². The van der Waals surface area contributed by atoms with Gasteiger partial charge >= 0.3 is 5.97 Å². The highest BCUT2D eigenvalue weighted by Crippen LogP contribution is 2.17. The number of rotatable bonds is 8. The molecule has 0 fully saturated rings. The molecule has 158 valence electrons. The average molecular weight is 411 g/mol. The zero-order valence-corrected chi connectivity index (χ0v) is 17.5. The van der Waals surface area contributed by atoms with Crippen molar-refractivity contribution in [3.05, 3.63) is 62.6 Å². The fourth-order valence-corrected chi connectivity index (χ4v) is 3.13. The minimum atomic E-state index is -0.959. The second-order valence-corrected chi connectivity index (χ2v) is 6.83. The number of nitrogens with zero attached hydrogens (tertiary/aromatic N) is 1. The van der Waals surface area contributed by atoms with Crippen LogP contribution in [0.5, 0.6) is 5.75 Å². The highest BCUT2D eigenvalue weighted by molar-refractivity contribution is 5.83. The smallest absolute Gasteiger partial charge is 0.306 e. The van der Waals surface area contributed by atoms with Gasteiger partial charge in [-0.15, -0.1) is 0 Å². The summed E-state index contributed by atoms with van der Waals surface area (Å²) in [5.41, 5.74) is 2.27. The van der Waals surface area contributed by atoms with Crippen molar-refractivity contribution in [3.63, 3.8) is 0 Å². The Bertz CT molecular complexity index is 1040. The zero-order valence-electron chi connectivity index (χ0n) is 17.5. The van der Waals surface area contributed by atoms with E-state index in [1.54, 1.807) is 27.0 Å². The second kappa shape index (κ2) is 10.3. The molecule has 1 aromatic carbocycles. The number of aromatic amines is 1. The van der Waals surface area contributed by atoms with Crippen LogP contribution in [0.1, 0.15) is 41.3 Å². The van der Waals surface area contributed by atoms with Gasteiger partial charge in [-0.25, -0.2) is 0 Å². The second-order valence-electron chi connectivity index (χ2n) is 6.83. The Hall–Kier alpha value is -3.60. The summed E-state index contributed by atoms with van der Waals surface area (Å²) in [7, 11) is 1.55. The van der Waals surface area contributed by atoms with Crippen LogP contribution in [-0.4, -0.2) is 30.1 Å². The molecule has 0 saturated carbocycles. The number of nitrogens with one attached hydrogen (secondary N) is 2. The first kappa shape index (κ1) is 22.7. The number of ether oxygens (including phenoxy) is 2. The van der Waals surface area contributed by atoms with Crippen LogP contribution in [0.2, 0.25) is 0 Å². The molecule has 0 radical (unpaired) electrons. The molecule has 2 aromatic rings. The van der Waals surface area contributed by atoms with Gasteiger partial charge in [0.05, 0.1) is 7.11 Å². The zero-order chi connectivity index (χ0) is 22.3. The third-order valence-electron chi connectivity index (χ3n) is 4.82. The largest absolute Gasteiger partial charge is 0.496 e. The van der Waals surface area contributed by atoms with E-state index < -0.39 is 23.5 Å². The molecule has 8 nitrogen and oxygen atoms in total. The van der Waals surface area contributed by atoms with Gasteiger partial charge in [0.25, 0.3) is 11.5 Å². The van der Waals surface area contributed by atoms with E-state index in [4.69, 9.17) is 14.7 Å². The summed E-state index contributed by atoms with van der Waals surface area (Å²) < 4.78 is 10.5. The number of benzene rings is 1. The predicted molar refractivity (Wildman–Crippen MR) is 110 cm³/mol. The fraction of sp³-hybridized carbons (Fsp3) is 0.364. The Morgan fingerprint density at radius 1 is 1.27 bits per heavy atom. The number of aryl methyl sites for hydroxylation is 1. The number of nitriles is 1. The molecule has 2 rings (SSSR count). The van der Waals surface area contributed by atoms with E-state index in [2.05, 4.69) is 10.3 Å². The molecule has 0 spiro atoms. The molecule has 0 aliphatic rings. The lowest BCUT2D eigenvalue weighted by atomic mass is 9.99. The number of para-hydroxylation sites is 1. The van der Waals surface area contributed by atoms with E-state index in [1.165, 1.54) is 6.92 Å². The van der Waals surface area contributed by atoms with Crippen LogP contribution in [0.25, 0.3) is 0 Å². The standard InChI is InChI=1S/C22H25N3O5/c1-13-17(14(2)25-22(28)18(13)11-23)9-10-20(26)30-15(3)21(27)24-12-16-7-5-6-8-19(16)29-4/h5-8,15H,9-10,12H2,1-4H3,(H,24,27)(H,25,28)/t15-/m1/s1. The molecule has 0 unspecified atom stereocenters. The molecular weight excluding hydrogens is 386 g/mol. The molecular formula is C22H25N3O5. The van der Waals surface area contributed by atoms with Crippen LogP contribution < -0.4 is 15.6 Å². The molecule has 30 heavy (non-hydrogen) atoms. The lowest BCUT2D eigenvalue weighted by Gasteiger charge is -2.15. The van der Waals surface area contributed by atoms with Gasteiger partial charge in [0.1, 0.15) is 17.4 Å². The molecule has 8 heteroatoms. The highest BCUT2D eigenvalue weighted by atomic mass is 16.5. The molecule has 2 N–H and O–H groups in total. The number of hydrogen-bond acceptors (Lipinski definition) is 6. The van der Waals surface area contributed by atoms with Crippen LogP contribution >= 0.6 is 0 Å². The number of carbonyl (C=O) groups excluding carboxylic acids is 2. The Balaban J connectivity index is 1.91. The van der Waals surface area contributed by atoms with Gasteiger partial charge in [-0.1, -0.05) is 18.2 Å². The predicted octanol–water partition coefficient (Wildman–Crippen LogP) is 2.05. The topological polar surface area (TPSA) is 121 Å². The van der Waals surface area contributed by atoms with Crippen LogP contribution in [0, 0.1) is 25.2 Å². The molecule has 0 aliphatic heterocycles. The molecule has 0 bridgehead atoms. The van der Waals surface area contributed by atoms with E-state index in [1.807, 2.05) is 24.3 Å². The van der Waals surface area contributed by atoms with Crippen molar-refractivity contribution in [2.75, 3.05) is 7.11 Å². The van der Waals surface area contributed by atoms with Gasteiger partial charge in [-0.05, 0) is 44.4 Å². The van der Waals surface area contributed by atoms with E-state index in [-0.39, 0.29) is 24.9 Å². The van der Waals surface area contributed by atoms with E-state index in [0.29, 0.717) is 17.0 Å². The minimum absolute atomic E-state index is 0.0166. The monoisotopic (exact) mass is 411 g/mol. The number of H-pyrrole nitrogens is 1. The van der Waals surface area contributed by atoms with Crippen molar-refractivity contribution in [1.29, 1.82) is 5.26 Å². The average Bonchev–Trinajstić information content (AvgIpc) is 2.71. The van der Waals surface area contributed by atoms with Gasteiger partial charge in [0.2, 0.25) is 0 Å². The highest BCUT2D eigenvalue weighted by Gasteiger charge is 2.19. The number of amides is 1. The number of pyridine rings is 1. The maximum atomic E-state index is 12.3. The summed E-state index contributed by atoms with van der Waals surface area (Å²) >= 11 is 0. The first-order valence-corrected chi connectivity index (χ1v) is 9.50. The van der Waals surface area contributed by atoms with Crippen molar-refractivity contribution in [3.8, 4) is 11.8 Å². The van der Waals surface area contributed by atoms with Crippen molar-refractivity contribution < 1.29 is 19.1 Å². The maximum Gasteiger partial charge on any atom is 0.306 e. The normalized spacial score (nSPS) is 11.3. The molecule has 0 aliphatic carbocycles. The fourth-order valence-electron chi connectivity index (χ4n) is 3.13. The maximum absolute atomic E-state index is 12.3. The number of carbonyl (C=O) groups is 2. The van der Waals surface area contributed by atoms with Crippen LogP contribution in [0.4, 0.5) is 0 Å². The third kappa shape index (κ3) is 5.47. The summed E-state index contributed by atoms with van der Waals surface area (Å²) in [4.78, 5) is 38.8. The summed E-state index contributed by atoms with van der Waals surface area (Å²) in [6.45, 7) is 5.14. The van der Waals surface area contributed by atoms with Crippen molar-refractivity contribution in [2.24, 2.45) is 0 Å². The number of aromatic nitrogens is 1. The number of methoxy groups -OCH3 is 1. The first-order chi connectivity index (χ1) is 14.3. The van der Waals surface area contributed by atoms with E-state index >= 15 is 0 Å². The Morgan fingerprint density at radius 2 is 1.97 bits per heavy atom. The van der Waals surface area contributed by atoms with Gasteiger partial charge in [0.15, 0.2) is 6.10 Å². The van der Waals surface area contributed by atoms with Crippen molar-refractivity contribution in [2.45, 2.75) is 46.3 Å². The summed E-state index contributed by atoms with van der Waals surface area (Å²) in [5, 5.41) is 11.8. The number of hydrogen-bond donors (Lipinski definition) is 2. The molecule has 1 aromatic heterocycles. The molecule has 1 amide bonds. The molecule has 1 atom stereocenters. The molecule has 0 saturated heterocycles. The van der Waals surface area contributed by atoms with Crippen LogP contribution in [0.15, 0.2) is 29.1 Å². The Morgan fingerprint density at radius 3 is 2.63 bits per heavy atom. The third-order valence-corrected chi connectivity index (χ3v) is 4.82. The number of esters is 1. The van der Waals surface area contributed by atoms with Gasteiger partial charge in [-0.3, -0.25) is 14.4 Å². The van der Waals surface area contributed by atoms with Gasteiger partial charge in [0, 0.05) is 24.2 Å². The SMILES string of the molecule is COc1ccccc1CNC(=O)[C@@H](C)OC(=O)CCc1c(C)[nH]c(=O)c(C#N)c1C. The van der Waals surface area contributed by atoms with Crippen LogP contribution in [-0.2, 0) is 27.3 Å². The van der Waals surface area contributed by atoms with Crippen molar-refractivity contribution >= 4 is 11.9 Å². The summed E-state index contributed by atoms with van der Waals surface area (Å²) in [5.74, 6) is -0.304. The first-order valence-electron chi connectivity index (χ1n) is 9.50. The van der Waals surface area contributed by atoms with E-state index in [9.17, 15) is 14.4 Å². The Kier molecular flexibility index (Phi) is 7.76. The van der Waals surface area contributed by atoms with E-state index in [0.717, 1.165) is 11.1 Å². The minimum Gasteiger partial charge on any atom is -0.496 e. The molecule has 1 heterocycles. The summed E-state index contributed by atoms with van der Waals surface area (Å²) in [6.07, 6.45) is -0.653. The summed E-state index contributed by atoms with van der Waals surface area (Å²) in [6, 6.07) is 9.18. The lowest BCUT2D eigenvalue weighted by molar-refractivity contribution is -0.154. The van der Waals surface area contributed by atoms with Crippen molar-refractivity contribution in [1.82, 2.24) is 10.3 Å².